The van der Waals surface area contributed by atoms with Crippen molar-refractivity contribution in [2.24, 2.45) is 17.8 Å². The van der Waals surface area contributed by atoms with Crippen molar-refractivity contribution < 1.29 is 29.7 Å². The van der Waals surface area contributed by atoms with Gasteiger partial charge in [0.1, 0.15) is 0 Å². The molecular formula is C24H46O6Sr. The Morgan fingerprint density at radius 2 is 0.871 bits per heavy atom. The van der Waals surface area contributed by atoms with E-state index in [-0.39, 0.29) is 63.2 Å². The monoisotopic (exact) mass is 518 g/mol. The summed E-state index contributed by atoms with van der Waals surface area (Å²) >= 11 is 0. The minimum absolute atomic E-state index is 0. The third-order valence-electron chi connectivity index (χ3n) is 5.21. The molecule has 0 aromatic rings. The van der Waals surface area contributed by atoms with Crippen molar-refractivity contribution in [3.8, 4) is 0 Å². The summed E-state index contributed by atoms with van der Waals surface area (Å²) in [6.45, 7) is 11.9. The summed E-state index contributed by atoms with van der Waals surface area (Å²) in [4.78, 5) is 31.1. The maximum absolute atomic E-state index is 10.4. The molecule has 0 heterocycles. The van der Waals surface area contributed by atoms with E-state index < -0.39 is 17.9 Å². The number of carboxylic acid groups (broad SMARTS) is 3. The summed E-state index contributed by atoms with van der Waals surface area (Å²) in [7, 11) is 0. The molecule has 0 aromatic carbocycles. The van der Waals surface area contributed by atoms with E-state index >= 15 is 0 Å². The van der Waals surface area contributed by atoms with Crippen LogP contribution < -0.4 is 10.2 Å². The molecule has 0 radical (unpaired) electrons. The fourth-order valence-corrected chi connectivity index (χ4v) is 2.83. The molecule has 0 saturated heterocycles. The van der Waals surface area contributed by atoms with Gasteiger partial charge in [0.25, 0.3) is 0 Å². The molecule has 180 valence electrons. The molecule has 7 heteroatoms. The zero-order valence-electron chi connectivity index (χ0n) is 20.9. The summed E-state index contributed by atoms with van der Waals surface area (Å²) in [6, 6.07) is 0. The Morgan fingerprint density at radius 3 is 1.03 bits per heavy atom. The van der Waals surface area contributed by atoms with Gasteiger partial charge in [-0.1, -0.05) is 80.1 Å². The second-order valence-corrected chi connectivity index (χ2v) is 7.72. The second kappa shape index (κ2) is 27.9. The first-order chi connectivity index (χ1) is 14.2. The number of carbonyl (C=O) groups excluding carboxylic acids is 2. The van der Waals surface area contributed by atoms with E-state index in [9.17, 15) is 24.6 Å². The second-order valence-electron chi connectivity index (χ2n) is 7.72. The molecule has 0 amide bonds. The maximum atomic E-state index is 10.4. The number of carboxylic acids is 3. The van der Waals surface area contributed by atoms with Gasteiger partial charge >= 0.3 is 51.5 Å². The van der Waals surface area contributed by atoms with Gasteiger partial charge in [0.05, 0.1) is 5.92 Å². The molecule has 1 N–H and O–H groups in total. The van der Waals surface area contributed by atoms with Crippen LogP contribution in [0.3, 0.4) is 0 Å². The van der Waals surface area contributed by atoms with E-state index in [1.165, 1.54) is 0 Å². The van der Waals surface area contributed by atoms with Crippen LogP contribution in [-0.2, 0) is 14.4 Å². The van der Waals surface area contributed by atoms with Crippen LogP contribution in [0.15, 0.2) is 0 Å². The molecule has 0 aliphatic rings. The van der Waals surface area contributed by atoms with Gasteiger partial charge in [0.15, 0.2) is 0 Å². The predicted octanol–water partition coefficient (Wildman–Crippen LogP) is 3.81. The van der Waals surface area contributed by atoms with Gasteiger partial charge in [-0.3, -0.25) is 4.79 Å². The van der Waals surface area contributed by atoms with Gasteiger partial charge in [0.2, 0.25) is 0 Å². The van der Waals surface area contributed by atoms with E-state index in [0.717, 1.165) is 64.2 Å². The van der Waals surface area contributed by atoms with Crippen molar-refractivity contribution in [2.45, 2.75) is 119 Å². The molecule has 0 aromatic heterocycles. The van der Waals surface area contributed by atoms with Crippen LogP contribution >= 0.6 is 0 Å². The molecule has 31 heavy (non-hydrogen) atoms. The van der Waals surface area contributed by atoms with Crippen LogP contribution in [0, 0.1) is 17.8 Å². The number of hydrogen-bond acceptors (Lipinski definition) is 5. The Labute approximate surface area is 227 Å². The predicted molar refractivity (Wildman–Crippen MR) is 123 cm³/mol. The van der Waals surface area contributed by atoms with E-state index in [1.807, 2.05) is 20.8 Å². The number of aliphatic carboxylic acids is 3. The van der Waals surface area contributed by atoms with Crippen molar-refractivity contribution in [2.75, 3.05) is 0 Å². The Kier molecular flexibility index (Phi) is 34.4. The van der Waals surface area contributed by atoms with Crippen LogP contribution in [0.2, 0.25) is 0 Å². The Balaban J connectivity index is -0.000000174. The van der Waals surface area contributed by atoms with Gasteiger partial charge < -0.3 is 24.9 Å². The van der Waals surface area contributed by atoms with Crippen LogP contribution in [-0.4, -0.2) is 68.5 Å². The van der Waals surface area contributed by atoms with Gasteiger partial charge in [-0.05, 0) is 50.4 Å². The van der Waals surface area contributed by atoms with Gasteiger partial charge in [-0.2, -0.15) is 0 Å². The van der Waals surface area contributed by atoms with Crippen molar-refractivity contribution in [1.29, 1.82) is 0 Å². The summed E-state index contributed by atoms with van der Waals surface area (Å²) in [6.07, 6.45) is 10.8. The Hall–Kier alpha value is -0.109. The topological polar surface area (TPSA) is 118 Å². The van der Waals surface area contributed by atoms with Crippen LogP contribution in [0.4, 0.5) is 0 Å². The third kappa shape index (κ3) is 26.0. The number of unbranched alkanes of at least 4 members (excludes halogenated alkanes) is 3. The van der Waals surface area contributed by atoms with E-state index in [0.29, 0.717) is 12.8 Å². The SMILES string of the molecule is CCCCC(CC)C(=O)O.CCCCC(CC)C(=O)[O-].CCCCC(CC)C(=O)[O-].[Sr+2]. The number of rotatable bonds is 15. The van der Waals surface area contributed by atoms with Gasteiger partial charge in [-0.25, -0.2) is 0 Å². The molecule has 3 atom stereocenters. The molecule has 0 bridgehead atoms. The molecule has 0 aliphatic carbocycles. The fourth-order valence-electron chi connectivity index (χ4n) is 2.83. The van der Waals surface area contributed by atoms with Crippen LogP contribution in [0.1, 0.15) is 119 Å². The van der Waals surface area contributed by atoms with Crippen molar-refractivity contribution in [3.05, 3.63) is 0 Å². The van der Waals surface area contributed by atoms with Crippen molar-refractivity contribution in [3.63, 3.8) is 0 Å². The maximum Gasteiger partial charge on any atom is 2.00 e. The molecule has 3 unspecified atom stereocenters. The zero-order chi connectivity index (χ0) is 23.9. The standard InChI is InChI=1S/3C8H16O2.Sr/c3*1-3-5-6-7(4-2)8(9)10;/h3*7H,3-6H2,1-2H3,(H,9,10);/q;;;+2/p-2. The van der Waals surface area contributed by atoms with Crippen molar-refractivity contribution >= 4 is 63.4 Å². The molecule has 0 fully saturated rings. The molecule has 0 spiro atoms. The number of carbonyl (C=O) groups is 3. The molecular weight excluding hydrogens is 472 g/mol. The van der Waals surface area contributed by atoms with E-state index in [2.05, 4.69) is 20.8 Å². The first kappa shape index (κ1) is 38.2. The largest absolute Gasteiger partial charge is 2.00 e. The first-order valence-corrected chi connectivity index (χ1v) is 11.8. The molecule has 0 aliphatic heterocycles. The minimum Gasteiger partial charge on any atom is -0.550 e. The summed E-state index contributed by atoms with van der Waals surface area (Å²) < 4.78 is 0. The van der Waals surface area contributed by atoms with Crippen LogP contribution in [0.5, 0.6) is 0 Å². The summed E-state index contributed by atoms with van der Waals surface area (Å²) in [5.41, 5.74) is 0. The normalized spacial score (nSPS) is 12.6. The van der Waals surface area contributed by atoms with Crippen LogP contribution in [0.25, 0.3) is 0 Å². The Morgan fingerprint density at radius 1 is 0.613 bits per heavy atom. The first-order valence-electron chi connectivity index (χ1n) is 11.8. The average molecular weight is 518 g/mol. The molecule has 6 nitrogen and oxygen atoms in total. The van der Waals surface area contributed by atoms with E-state index in [1.54, 1.807) is 0 Å². The zero-order valence-corrected chi connectivity index (χ0v) is 24.4. The van der Waals surface area contributed by atoms with Gasteiger partial charge in [0, 0.05) is 11.9 Å². The molecule has 0 saturated carbocycles. The summed E-state index contributed by atoms with van der Waals surface area (Å²) in [5, 5.41) is 29.3. The smallest absolute Gasteiger partial charge is 0.550 e. The van der Waals surface area contributed by atoms with Gasteiger partial charge in [-0.15, -0.1) is 0 Å². The molecule has 0 rings (SSSR count). The third-order valence-corrected chi connectivity index (χ3v) is 5.21. The summed E-state index contributed by atoms with van der Waals surface area (Å²) in [5.74, 6) is -2.98. The quantitative estimate of drug-likeness (QED) is 0.330. The Bertz CT molecular complexity index is 366. The minimum atomic E-state index is -0.893. The van der Waals surface area contributed by atoms with Crippen molar-refractivity contribution in [1.82, 2.24) is 0 Å². The van der Waals surface area contributed by atoms with E-state index in [4.69, 9.17) is 5.11 Å². The fraction of sp³-hybridized carbons (Fsp3) is 0.875. The number of hydrogen-bond donors (Lipinski definition) is 1. The average Bonchev–Trinajstić information content (AvgIpc) is 2.70.